The molecule has 8 heteroatoms. The van der Waals surface area contributed by atoms with Crippen LogP contribution in [0, 0.1) is 6.07 Å². The second-order valence-electron chi connectivity index (χ2n) is 4.92. The summed E-state index contributed by atoms with van der Waals surface area (Å²) >= 11 is 0. The van der Waals surface area contributed by atoms with Gasteiger partial charge in [-0.15, -0.1) is 0 Å². The van der Waals surface area contributed by atoms with Crippen molar-refractivity contribution >= 4 is 15.7 Å². The van der Waals surface area contributed by atoms with Gasteiger partial charge in [-0.25, -0.2) is 18.1 Å². The van der Waals surface area contributed by atoms with Gasteiger partial charge in [-0.05, 0) is 31.2 Å². The number of rotatable bonds is 5. The van der Waals surface area contributed by atoms with Crippen molar-refractivity contribution in [1.29, 1.82) is 0 Å². The number of nitrogens with zero attached hydrogens (tertiary/aromatic N) is 3. The molecule has 0 saturated carbocycles. The molecular weight excluding hydrogens is 328 g/mol. The van der Waals surface area contributed by atoms with E-state index in [1.54, 1.807) is 31.2 Å². The Bertz CT molecular complexity index is 976. The fourth-order valence-electron chi connectivity index (χ4n) is 2.32. The smallest absolute Gasteiger partial charge is 0.280 e. The highest BCUT2D eigenvalue weighted by Crippen LogP contribution is 2.22. The van der Waals surface area contributed by atoms with E-state index in [0.29, 0.717) is 18.1 Å². The SMILES string of the molecule is CCN(c1ccccc1)S(=O)(=O)c1ccc(-n2[nH]c[c]c2=O)nc1. The van der Waals surface area contributed by atoms with Gasteiger partial charge in [0.05, 0.1) is 11.8 Å². The Labute approximate surface area is 139 Å². The Kier molecular flexibility index (Phi) is 4.22. The Hall–Kier alpha value is -2.87. The first-order valence-electron chi connectivity index (χ1n) is 7.26. The van der Waals surface area contributed by atoms with Gasteiger partial charge in [-0.2, -0.15) is 0 Å². The third-order valence-corrected chi connectivity index (χ3v) is 5.35. The molecule has 0 amide bonds. The summed E-state index contributed by atoms with van der Waals surface area (Å²) in [5, 5.41) is 2.67. The van der Waals surface area contributed by atoms with E-state index in [2.05, 4.69) is 16.1 Å². The molecule has 3 aromatic rings. The lowest BCUT2D eigenvalue weighted by Crippen LogP contribution is -2.30. The number of sulfonamides is 1. The predicted octanol–water partition coefficient (Wildman–Crippen LogP) is 1.58. The molecule has 2 heterocycles. The standard InChI is InChI=1S/C16H15N4O3S/c1-2-19(13-6-4-3-5-7-13)24(22,23)14-8-9-15(17-12-14)20-16(21)10-11-18-20/h3-9,11-12,18H,2H2,1H3. The summed E-state index contributed by atoms with van der Waals surface area (Å²) in [6.07, 6.45) is 2.60. The van der Waals surface area contributed by atoms with Crippen LogP contribution >= 0.6 is 0 Å². The van der Waals surface area contributed by atoms with Crippen LogP contribution in [0.4, 0.5) is 5.69 Å². The van der Waals surface area contributed by atoms with E-state index in [1.165, 1.54) is 33.5 Å². The summed E-state index contributed by atoms with van der Waals surface area (Å²) in [5.41, 5.74) is 0.192. The predicted molar refractivity (Wildman–Crippen MR) is 89.7 cm³/mol. The van der Waals surface area contributed by atoms with Gasteiger partial charge in [0.1, 0.15) is 4.90 Å². The molecule has 2 aromatic heterocycles. The Morgan fingerprint density at radius 1 is 1.21 bits per heavy atom. The van der Waals surface area contributed by atoms with Crippen molar-refractivity contribution in [3.63, 3.8) is 0 Å². The van der Waals surface area contributed by atoms with Gasteiger partial charge in [0.2, 0.25) is 0 Å². The van der Waals surface area contributed by atoms with Crippen molar-refractivity contribution in [2.75, 3.05) is 10.8 Å². The zero-order valence-electron chi connectivity index (χ0n) is 12.9. The Morgan fingerprint density at radius 3 is 2.50 bits per heavy atom. The molecule has 0 atom stereocenters. The van der Waals surface area contributed by atoms with E-state index in [0.717, 1.165) is 0 Å². The largest absolute Gasteiger partial charge is 0.296 e. The summed E-state index contributed by atoms with van der Waals surface area (Å²) in [7, 11) is -3.73. The molecule has 1 aromatic carbocycles. The third-order valence-electron chi connectivity index (χ3n) is 3.46. The molecule has 3 rings (SSSR count). The van der Waals surface area contributed by atoms with E-state index >= 15 is 0 Å². The number of nitrogens with one attached hydrogen (secondary N) is 1. The number of hydrogen-bond acceptors (Lipinski definition) is 4. The molecule has 0 saturated heterocycles. The number of aromatic nitrogens is 3. The summed E-state index contributed by atoms with van der Waals surface area (Å²) in [4.78, 5) is 15.7. The molecular formula is C16H15N4O3S. The third kappa shape index (κ3) is 2.83. The van der Waals surface area contributed by atoms with Crippen molar-refractivity contribution in [2.45, 2.75) is 11.8 Å². The molecule has 0 aliphatic heterocycles. The van der Waals surface area contributed by atoms with Crippen LogP contribution in [0.1, 0.15) is 6.92 Å². The lowest BCUT2D eigenvalue weighted by Gasteiger charge is -2.22. The zero-order valence-corrected chi connectivity index (χ0v) is 13.7. The van der Waals surface area contributed by atoms with E-state index in [4.69, 9.17) is 0 Å². The normalized spacial score (nSPS) is 11.4. The number of pyridine rings is 1. The summed E-state index contributed by atoms with van der Waals surface area (Å²) < 4.78 is 28.1. The monoisotopic (exact) mass is 343 g/mol. The zero-order chi connectivity index (χ0) is 17.2. The molecule has 7 nitrogen and oxygen atoms in total. The molecule has 0 spiro atoms. The first-order valence-corrected chi connectivity index (χ1v) is 8.70. The van der Waals surface area contributed by atoms with Crippen molar-refractivity contribution in [1.82, 2.24) is 14.8 Å². The molecule has 0 bridgehead atoms. The number of anilines is 1. The summed E-state index contributed by atoms with van der Waals surface area (Å²) in [5.74, 6) is 0.294. The maximum Gasteiger partial charge on any atom is 0.280 e. The van der Waals surface area contributed by atoms with Crippen molar-refractivity contribution in [3.8, 4) is 5.82 Å². The first kappa shape index (κ1) is 16.0. The van der Waals surface area contributed by atoms with Crippen LogP contribution in [0.25, 0.3) is 5.82 Å². The van der Waals surface area contributed by atoms with Gasteiger partial charge in [0.25, 0.3) is 15.6 Å². The van der Waals surface area contributed by atoms with Crippen LogP contribution in [-0.4, -0.2) is 29.7 Å². The lowest BCUT2D eigenvalue weighted by molar-refractivity contribution is 0.591. The quantitative estimate of drug-likeness (QED) is 0.762. The topological polar surface area (TPSA) is 88.1 Å². The van der Waals surface area contributed by atoms with Crippen LogP contribution < -0.4 is 9.86 Å². The van der Waals surface area contributed by atoms with Gasteiger partial charge in [0.15, 0.2) is 5.82 Å². The van der Waals surface area contributed by atoms with E-state index in [9.17, 15) is 13.2 Å². The number of benzene rings is 1. The summed E-state index contributed by atoms with van der Waals surface area (Å²) in [6, 6.07) is 14.2. The number of para-hydroxylation sites is 1. The minimum atomic E-state index is -3.73. The molecule has 1 radical (unpaired) electrons. The highest BCUT2D eigenvalue weighted by Gasteiger charge is 2.24. The minimum absolute atomic E-state index is 0.0561. The lowest BCUT2D eigenvalue weighted by atomic mass is 10.3. The molecule has 24 heavy (non-hydrogen) atoms. The fraction of sp³-hybridized carbons (Fsp3) is 0.125. The first-order chi connectivity index (χ1) is 11.5. The molecule has 1 N–H and O–H groups in total. The van der Waals surface area contributed by atoms with Crippen LogP contribution in [-0.2, 0) is 10.0 Å². The highest BCUT2D eigenvalue weighted by atomic mass is 32.2. The molecule has 0 aliphatic carbocycles. The van der Waals surface area contributed by atoms with E-state index in [1.807, 2.05) is 6.07 Å². The molecule has 0 unspecified atom stereocenters. The van der Waals surface area contributed by atoms with Gasteiger partial charge in [0, 0.05) is 18.9 Å². The number of H-pyrrole nitrogens is 1. The van der Waals surface area contributed by atoms with E-state index < -0.39 is 15.6 Å². The highest BCUT2D eigenvalue weighted by molar-refractivity contribution is 7.92. The van der Waals surface area contributed by atoms with Gasteiger partial charge in [-0.1, -0.05) is 18.2 Å². The molecule has 123 valence electrons. The minimum Gasteiger partial charge on any atom is -0.296 e. The van der Waals surface area contributed by atoms with Crippen LogP contribution in [0.5, 0.6) is 0 Å². The van der Waals surface area contributed by atoms with E-state index in [-0.39, 0.29) is 4.90 Å². The van der Waals surface area contributed by atoms with Gasteiger partial charge < -0.3 is 0 Å². The number of hydrogen-bond donors (Lipinski definition) is 1. The van der Waals surface area contributed by atoms with Crippen LogP contribution in [0.15, 0.2) is 64.5 Å². The maximum atomic E-state index is 12.8. The van der Waals surface area contributed by atoms with Gasteiger partial charge >= 0.3 is 0 Å². The number of aromatic amines is 1. The van der Waals surface area contributed by atoms with Crippen LogP contribution in [0.2, 0.25) is 0 Å². The van der Waals surface area contributed by atoms with Gasteiger partial charge in [-0.3, -0.25) is 14.2 Å². The Morgan fingerprint density at radius 2 is 1.96 bits per heavy atom. The molecule has 0 aliphatic rings. The maximum absolute atomic E-state index is 12.8. The van der Waals surface area contributed by atoms with Crippen molar-refractivity contribution < 1.29 is 8.42 Å². The van der Waals surface area contributed by atoms with Crippen LogP contribution in [0.3, 0.4) is 0 Å². The summed E-state index contributed by atoms with van der Waals surface area (Å²) in [6.45, 7) is 2.06. The average molecular weight is 343 g/mol. The fourth-order valence-corrected chi connectivity index (χ4v) is 3.74. The second kappa shape index (κ2) is 6.32. The van der Waals surface area contributed by atoms with Crippen molar-refractivity contribution in [3.05, 3.63) is 71.3 Å². The molecule has 0 fully saturated rings. The second-order valence-corrected chi connectivity index (χ2v) is 6.78. The Balaban J connectivity index is 1.98. The van der Waals surface area contributed by atoms with Crippen molar-refractivity contribution in [2.24, 2.45) is 0 Å². The average Bonchev–Trinajstić information content (AvgIpc) is 3.02.